The smallest absolute Gasteiger partial charge is 0.259 e. The maximum absolute atomic E-state index is 12.9. The number of carbonyl (C=O) groups excluding carboxylic acids is 1. The van der Waals surface area contributed by atoms with Crippen LogP contribution in [0.15, 0.2) is 48.9 Å². The topological polar surface area (TPSA) is 145 Å². The molecule has 0 spiro atoms. The van der Waals surface area contributed by atoms with Crippen molar-refractivity contribution >= 4 is 27.6 Å². The summed E-state index contributed by atoms with van der Waals surface area (Å²) in [6.07, 6.45) is 4.70. The molecule has 1 aliphatic carbocycles. The monoisotopic (exact) mass is 484 g/mol. The lowest BCUT2D eigenvalue weighted by Gasteiger charge is -2.16. The van der Waals surface area contributed by atoms with Gasteiger partial charge in [0.15, 0.2) is 6.10 Å². The Bertz CT molecular complexity index is 1260. The molecule has 4 rings (SSSR count). The molecule has 34 heavy (non-hydrogen) atoms. The van der Waals surface area contributed by atoms with E-state index in [1.807, 2.05) is 6.92 Å². The Labute approximate surface area is 197 Å². The van der Waals surface area contributed by atoms with Gasteiger partial charge in [-0.15, -0.1) is 0 Å². The van der Waals surface area contributed by atoms with Crippen LogP contribution in [0.2, 0.25) is 0 Å². The molecule has 1 aliphatic rings. The fraction of sp³-hybridized carbons (Fsp3) is 0.318. The predicted octanol–water partition coefficient (Wildman–Crippen LogP) is 2.56. The van der Waals surface area contributed by atoms with Gasteiger partial charge in [0.05, 0.1) is 35.6 Å². The summed E-state index contributed by atoms with van der Waals surface area (Å²) >= 11 is 0. The fourth-order valence-corrected chi connectivity index (χ4v) is 4.43. The van der Waals surface area contributed by atoms with E-state index >= 15 is 0 Å². The van der Waals surface area contributed by atoms with Crippen molar-refractivity contribution in [3.05, 3.63) is 54.6 Å². The molecule has 2 aromatic heterocycles. The first-order valence-corrected chi connectivity index (χ1v) is 12.2. The van der Waals surface area contributed by atoms with Crippen molar-refractivity contribution in [3.63, 3.8) is 0 Å². The first kappa shape index (κ1) is 23.5. The Morgan fingerprint density at radius 3 is 2.59 bits per heavy atom. The number of hydrogen-bond acceptors (Lipinski definition) is 9. The SMILES string of the molecule is CCOc1cncc(-c2ccc(NC(=O)C(OC)c3ccnc(NS(=O)(=O)C4CC4)n3)cc2)n1. The van der Waals surface area contributed by atoms with Crippen molar-refractivity contribution in [2.24, 2.45) is 0 Å². The lowest BCUT2D eigenvalue weighted by molar-refractivity contribution is -0.126. The normalized spacial score (nSPS) is 14.3. The van der Waals surface area contributed by atoms with E-state index in [0.29, 0.717) is 36.7 Å². The van der Waals surface area contributed by atoms with Gasteiger partial charge >= 0.3 is 0 Å². The van der Waals surface area contributed by atoms with Crippen LogP contribution >= 0.6 is 0 Å². The summed E-state index contributed by atoms with van der Waals surface area (Å²) in [4.78, 5) is 29.5. The van der Waals surface area contributed by atoms with Crippen molar-refractivity contribution < 1.29 is 22.7 Å². The van der Waals surface area contributed by atoms with Crippen molar-refractivity contribution in [1.29, 1.82) is 0 Å². The fourth-order valence-electron chi connectivity index (χ4n) is 3.16. The molecule has 1 atom stereocenters. The van der Waals surface area contributed by atoms with Gasteiger partial charge in [0.25, 0.3) is 5.91 Å². The number of anilines is 2. The van der Waals surface area contributed by atoms with Gasteiger partial charge in [-0.1, -0.05) is 12.1 Å². The maximum Gasteiger partial charge on any atom is 0.259 e. The number of nitrogens with zero attached hydrogens (tertiary/aromatic N) is 4. The highest BCUT2D eigenvalue weighted by Crippen LogP contribution is 2.29. The van der Waals surface area contributed by atoms with E-state index in [-0.39, 0.29) is 11.6 Å². The highest BCUT2D eigenvalue weighted by Gasteiger charge is 2.36. The van der Waals surface area contributed by atoms with E-state index in [2.05, 4.69) is 30.0 Å². The number of methoxy groups -OCH3 is 1. The van der Waals surface area contributed by atoms with Gasteiger partial charge in [-0.25, -0.2) is 23.4 Å². The van der Waals surface area contributed by atoms with E-state index in [0.717, 1.165) is 5.56 Å². The number of aromatic nitrogens is 4. The number of ether oxygens (including phenoxy) is 2. The van der Waals surface area contributed by atoms with E-state index in [9.17, 15) is 13.2 Å². The summed E-state index contributed by atoms with van der Waals surface area (Å²) in [6, 6.07) is 8.54. The number of sulfonamides is 1. The van der Waals surface area contributed by atoms with E-state index < -0.39 is 27.3 Å². The quantitative estimate of drug-likeness (QED) is 0.443. The number of carbonyl (C=O) groups is 1. The number of nitrogens with one attached hydrogen (secondary N) is 2. The van der Waals surface area contributed by atoms with Gasteiger partial charge in [0.2, 0.25) is 21.9 Å². The van der Waals surface area contributed by atoms with Gasteiger partial charge in [-0.05, 0) is 38.0 Å². The summed E-state index contributed by atoms with van der Waals surface area (Å²) < 4.78 is 37.4. The van der Waals surface area contributed by atoms with Crippen LogP contribution in [0.4, 0.5) is 11.6 Å². The zero-order valence-electron chi connectivity index (χ0n) is 18.6. The average molecular weight is 485 g/mol. The molecule has 1 amide bonds. The van der Waals surface area contributed by atoms with Gasteiger partial charge in [-0.2, -0.15) is 0 Å². The van der Waals surface area contributed by atoms with Crippen LogP contribution in [0, 0.1) is 0 Å². The molecular formula is C22H24N6O5S. The summed E-state index contributed by atoms with van der Waals surface area (Å²) in [7, 11) is -2.16. The first-order valence-electron chi connectivity index (χ1n) is 10.6. The third kappa shape index (κ3) is 5.64. The molecule has 1 saturated carbocycles. The summed E-state index contributed by atoms with van der Waals surface area (Å²) in [5.74, 6) is -0.133. The average Bonchev–Trinajstić information content (AvgIpc) is 3.67. The molecule has 2 heterocycles. The second-order valence-electron chi connectivity index (χ2n) is 7.51. The molecule has 0 bridgehead atoms. The Morgan fingerprint density at radius 1 is 1.15 bits per heavy atom. The maximum atomic E-state index is 12.9. The van der Waals surface area contributed by atoms with E-state index in [1.54, 1.807) is 36.7 Å². The standard InChI is InChI=1S/C22H24N6O5S/c1-3-33-19-13-23-12-18(26-19)14-4-6-15(7-5-14)25-21(29)20(32-2)17-10-11-24-22(27-17)28-34(30,31)16-8-9-16/h4-7,10-13,16,20H,3,8-9H2,1-2H3,(H,25,29)(H,24,27,28). The van der Waals surface area contributed by atoms with Crippen LogP contribution < -0.4 is 14.8 Å². The largest absolute Gasteiger partial charge is 0.477 e. The van der Waals surface area contributed by atoms with Gasteiger partial charge in [0, 0.05) is 24.6 Å². The molecule has 1 aromatic carbocycles. The molecule has 0 saturated heterocycles. The third-order valence-corrected chi connectivity index (χ3v) is 6.79. The second kappa shape index (κ2) is 10.1. The van der Waals surface area contributed by atoms with E-state index in [1.165, 1.54) is 19.4 Å². The Hall–Kier alpha value is -3.64. The van der Waals surface area contributed by atoms with Gasteiger partial charge in [0.1, 0.15) is 0 Å². The molecular weight excluding hydrogens is 460 g/mol. The van der Waals surface area contributed by atoms with Crippen LogP contribution in [0.3, 0.4) is 0 Å². The molecule has 1 fully saturated rings. The Morgan fingerprint density at radius 2 is 1.91 bits per heavy atom. The Balaban J connectivity index is 1.45. The van der Waals surface area contributed by atoms with Crippen LogP contribution in [-0.2, 0) is 19.6 Å². The number of benzene rings is 1. The molecule has 2 N–H and O–H groups in total. The zero-order valence-corrected chi connectivity index (χ0v) is 19.4. The third-order valence-electron chi connectivity index (χ3n) is 4.97. The molecule has 0 aliphatic heterocycles. The number of hydrogen-bond donors (Lipinski definition) is 2. The second-order valence-corrected chi connectivity index (χ2v) is 9.47. The van der Waals surface area contributed by atoms with Crippen LogP contribution in [0.1, 0.15) is 31.6 Å². The molecule has 178 valence electrons. The van der Waals surface area contributed by atoms with Crippen LogP contribution in [0.25, 0.3) is 11.3 Å². The predicted molar refractivity (Wildman–Crippen MR) is 125 cm³/mol. The molecule has 12 heteroatoms. The summed E-state index contributed by atoms with van der Waals surface area (Å²) in [5.41, 5.74) is 2.20. The first-order chi connectivity index (χ1) is 16.4. The lowest BCUT2D eigenvalue weighted by atomic mass is 10.1. The molecule has 1 unspecified atom stereocenters. The van der Waals surface area contributed by atoms with Crippen LogP contribution in [-0.4, -0.2) is 53.2 Å². The van der Waals surface area contributed by atoms with Gasteiger partial charge < -0.3 is 14.8 Å². The van der Waals surface area contributed by atoms with Crippen molar-refractivity contribution in [3.8, 4) is 17.1 Å². The van der Waals surface area contributed by atoms with Crippen LogP contribution in [0.5, 0.6) is 5.88 Å². The summed E-state index contributed by atoms with van der Waals surface area (Å²) in [5, 5.41) is 2.35. The zero-order chi connectivity index (χ0) is 24.1. The molecule has 11 nitrogen and oxygen atoms in total. The molecule has 0 radical (unpaired) electrons. The summed E-state index contributed by atoms with van der Waals surface area (Å²) in [6.45, 7) is 2.36. The van der Waals surface area contributed by atoms with Crippen molar-refractivity contribution in [2.75, 3.05) is 23.8 Å². The molecule has 3 aromatic rings. The highest BCUT2D eigenvalue weighted by molar-refractivity contribution is 7.93. The Kier molecular flexibility index (Phi) is 6.98. The number of amides is 1. The lowest BCUT2D eigenvalue weighted by Crippen LogP contribution is -2.24. The van der Waals surface area contributed by atoms with E-state index in [4.69, 9.17) is 9.47 Å². The van der Waals surface area contributed by atoms with Crippen molar-refractivity contribution in [2.45, 2.75) is 31.1 Å². The number of rotatable bonds is 10. The highest BCUT2D eigenvalue weighted by atomic mass is 32.2. The minimum absolute atomic E-state index is 0.0982. The minimum atomic E-state index is -3.53. The van der Waals surface area contributed by atoms with Gasteiger partial charge in [-0.3, -0.25) is 14.5 Å². The van der Waals surface area contributed by atoms with Crippen molar-refractivity contribution in [1.82, 2.24) is 19.9 Å². The minimum Gasteiger partial charge on any atom is -0.477 e.